The molecule has 0 aliphatic heterocycles. The van der Waals surface area contributed by atoms with E-state index in [9.17, 15) is 25.2 Å². The number of fused-ring (bicyclic) bond motifs is 3. The van der Waals surface area contributed by atoms with E-state index in [2.05, 4.69) is 13.8 Å². The first kappa shape index (κ1) is 24.6. The molecule has 192 valence electrons. The smallest absolute Gasteiger partial charge is 0.330 e. The molecule has 6 atom stereocenters. The topological polar surface area (TPSA) is 107 Å². The summed E-state index contributed by atoms with van der Waals surface area (Å²) in [6, 6.07) is 4.42. The van der Waals surface area contributed by atoms with Gasteiger partial charge in [-0.1, -0.05) is 26.3 Å². The molecule has 35 heavy (non-hydrogen) atoms. The van der Waals surface area contributed by atoms with Gasteiger partial charge in [-0.3, -0.25) is 0 Å². The lowest BCUT2D eigenvalue weighted by molar-refractivity contribution is -0.187. The summed E-state index contributed by atoms with van der Waals surface area (Å²) in [5, 5.41) is 40.5. The van der Waals surface area contributed by atoms with Gasteiger partial charge in [0, 0.05) is 11.5 Å². The van der Waals surface area contributed by atoms with E-state index in [1.54, 1.807) is 12.1 Å². The highest BCUT2D eigenvalue weighted by atomic mass is 16.5. The van der Waals surface area contributed by atoms with Gasteiger partial charge in [-0.05, 0) is 104 Å². The first-order chi connectivity index (χ1) is 16.5. The van der Waals surface area contributed by atoms with Crippen molar-refractivity contribution in [2.45, 2.75) is 77.2 Å². The highest BCUT2D eigenvalue weighted by Crippen LogP contribution is 2.73. The number of carbonyl (C=O) groups is 1. The monoisotopic (exact) mass is 484 g/mol. The average molecular weight is 485 g/mol. The molecule has 5 rings (SSSR count). The lowest BCUT2D eigenvalue weighted by Crippen LogP contribution is -2.59. The van der Waals surface area contributed by atoms with Gasteiger partial charge >= 0.3 is 5.97 Å². The van der Waals surface area contributed by atoms with E-state index in [-0.39, 0.29) is 40.3 Å². The number of esters is 1. The molecule has 6 nitrogen and oxygen atoms in total. The number of rotatable bonds is 5. The maximum atomic E-state index is 12.8. The van der Waals surface area contributed by atoms with Gasteiger partial charge in [-0.2, -0.15) is 0 Å². The maximum Gasteiger partial charge on any atom is 0.330 e. The maximum absolute atomic E-state index is 12.8. The Hall–Kier alpha value is -2.05. The third kappa shape index (κ3) is 3.97. The lowest BCUT2D eigenvalue weighted by atomic mass is 9.41. The second-order valence-corrected chi connectivity index (χ2v) is 12.7. The van der Waals surface area contributed by atoms with Crippen molar-refractivity contribution in [3.8, 4) is 11.5 Å². The number of phenols is 2. The minimum absolute atomic E-state index is 0.0239. The second kappa shape index (κ2) is 8.52. The molecule has 1 spiro atoms. The van der Waals surface area contributed by atoms with Crippen LogP contribution in [0.3, 0.4) is 0 Å². The van der Waals surface area contributed by atoms with Gasteiger partial charge in [0.2, 0.25) is 0 Å². The van der Waals surface area contributed by atoms with Crippen molar-refractivity contribution in [2.75, 3.05) is 13.2 Å². The predicted octanol–water partition coefficient (Wildman–Crippen LogP) is 4.79. The zero-order valence-corrected chi connectivity index (χ0v) is 21.0. The van der Waals surface area contributed by atoms with Crippen LogP contribution in [0.5, 0.6) is 11.5 Å². The van der Waals surface area contributed by atoms with Crippen molar-refractivity contribution < 1.29 is 30.0 Å². The summed E-state index contributed by atoms with van der Waals surface area (Å²) in [6.07, 6.45) is 12.1. The molecule has 0 heterocycles. The standard InChI is InChI=1S/C29H40O6/c1-26(2)11-3-12-28(18-35-25(33)9-5-19-4-7-21(31)22(32)14-19)23(26)10-13-27-15-20(6-8-24(27)28)29(34,16-27)17-30/h4-5,7,9,14,20,23-24,30-32,34H,3,6,8,10-13,15-18H2,1-2H3/b9-5+/t20-,23?,24?,27-,28+,29+/m1/s1. The second-order valence-electron chi connectivity index (χ2n) is 12.7. The van der Waals surface area contributed by atoms with E-state index in [1.165, 1.54) is 24.6 Å². The van der Waals surface area contributed by atoms with Crippen LogP contribution in [0.15, 0.2) is 24.3 Å². The van der Waals surface area contributed by atoms with Crippen molar-refractivity contribution in [1.29, 1.82) is 0 Å². The van der Waals surface area contributed by atoms with Crippen LogP contribution in [-0.4, -0.2) is 45.2 Å². The summed E-state index contributed by atoms with van der Waals surface area (Å²) in [6.45, 7) is 4.96. The van der Waals surface area contributed by atoms with Crippen LogP contribution in [0.1, 0.15) is 77.2 Å². The first-order valence-electron chi connectivity index (χ1n) is 13.2. The van der Waals surface area contributed by atoms with E-state index >= 15 is 0 Å². The predicted molar refractivity (Wildman–Crippen MR) is 132 cm³/mol. The third-order valence-corrected chi connectivity index (χ3v) is 10.5. The SMILES string of the molecule is CC1(C)CCC[C@]2(COC(=O)/C=C/c3ccc(O)c(O)c3)C1CC[C@]13C[C@@H](CCC12)[C@@](O)(CO)C3. The van der Waals surface area contributed by atoms with Gasteiger partial charge < -0.3 is 25.2 Å². The molecule has 4 fully saturated rings. The highest BCUT2D eigenvalue weighted by molar-refractivity contribution is 5.87. The van der Waals surface area contributed by atoms with Gasteiger partial charge in [0.05, 0.1) is 18.8 Å². The molecule has 0 radical (unpaired) electrons. The van der Waals surface area contributed by atoms with Gasteiger partial charge in [0.25, 0.3) is 0 Å². The molecule has 0 aromatic heterocycles. The van der Waals surface area contributed by atoms with Gasteiger partial charge in [-0.25, -0.2) is 4.79 Å². The minimum Gasteiger partial charge on any atom is -0.504 e. The molecular weight excluding hydrogens is 444 g/mol. The fourth-order valence-corrected chi connectivity index (χ4v) is 9.13. The third-order valence-electron chi connectivity index (χ3n) is 10.5. The Morgan fingerprint density at radius 3 is 2.63 bits per heavy atom. The Morgan fingerprint density at radius 2 is 1.89 bits per heavy atom. The van der Waals surface area contributed by atoms with Gasteiger partial charge in [0.1, 0.15) is 0 Å². The summed E-state index contributed by atoms with van der Waals surface area (Å²) >= 11 is 0. The zero-order chi connectivity index (χ0) is 25.1. The van der Waals surface area contributed by atoms with Crippen molar-refractivity contribution >= 4 is 12.0 Å². The summed E-state index contributed by atoms with van der Waals surface area (Å²) in [5.41, 5.74) is -0.269. The number of ether oxygens (including phenoxy) is 1. The largest absolute Gasteiger partial charge is 0.504 e. The van der Waals surface area contributed by atoms with Crippen molar-refractivity contribution in [2.24, 2.45) is 34.0 Å². The molecule has 6 heteroatoms. The number of aliphatic hydroxyl groups is 2. The van der Waals surface area contributed by atoms with Crippen LogP contribution in [0.25, 0.3) is 6.08 Å². The fourth-order valence-electron chi connectivity index (χ4n) is 9.13. The molecule has 1 aromatic rings. The molecule has 2 unspecified atom stereocenters. The van der Waals surface area contributed by atoms with E-state index in [0.717, 1.165) is 44.9 Å². The minimum atomic E-state index is -0.970. The number of hydrogen-bond donors (Lipinski definition) is 4. The number of benzene rings is 1. The van der Waals surface area contributed by atoms with Crippen molar-refractivity contribution in [1.82, 2.24) is 0 Å². The Bertz CT molecular complexity index is 1020. The molecular formula is C29H40O6. The van der Waals surface area contributed by atoms with Crippen LogP contribution in [0.4, 0.5) is 0 Å². The summed E-state index contributed by atoms with van der Waals surface area (Å²) in [5.74, 6) is 0.187. The Labute approximate surface area is 208 Å². The average Bonchev–Trinajstić information content (AvgIpc) is 3.03. The van der Waals surface area contributed by atoms with Crippen molar-refractivity contribution in [3.63, 3.8) is 0 Å². The summed E-state index contributed by atoms with van der Waals surface area (Å²) in [7, 11) is 0. The normalized spacial score (nSPS) is 39.7. The molecule has 4 aliphatic carbocycles. The van der Waals surface area contributed by atoms with Crippen LogP contribution in [-0.2, 0) is 9.53 Å². The highest BCUT2D eigenvalue weighted by Gasteiger charge is 2.68. The number of phenolic OH excluding ortho intramolecular Hbond substituents is 2. The fraction of sp³-hybridized carbons (Fsp3) is 0.690. The molecule has 4 N–H and O–H groups in total. The van der Waals surface area contributed by atoms with E-state index in [0.29, 0.717) is 30.4 Å². The van der Waals surface area contributed by atoms with Crippen LogP contribution < -0.4 is 0 Å². The Kier molecular flexibility index (Phi) is 5.99. The number of hydrogen-bond acceptors (Lipinski definition) is 6. The molecule has 1 aromatic carbocycles. The summed E-state index contributed by atoms with van der Waals surface area (Å²) in [4.78, 5) is 12.8. The van der Waals surface area contributed by atoms with E-state index < -0.39 is 11.6 Å². The van der Waals surface area contributed by atoms with Crippen LogP contribution in [0, 0.1) is 34.0 Å². The quantitative estimate of drug-likeness (QED) is 0.272. The number of aliphatic hydroxyl groups excluding tert-OH is 1. The first-order valence-corrected chi connectivity index (χ1v) is 13.2. The van der Waals surface area contributed by atoms with Gasteiger partial charge in [0.15, 0.2) is 11.5 Å². The zero-order valence-electron chi connectivity index (χ0n) is 21.0. The summed E-state index contributed by atoms with van der Waals surface area (Å²) < 4.78 is 5.99. The molecule has 4 aliphatic rings. The Balaban J connectivity index is 1.39. The van der Waals surface area contributed by atoms with Crippen LogP contribution >= 0.6 is 0 Å². The van der Waals surface area contributed by atoms with Crippen LogP contribution in [0.2, 0.25) is 0 Å². The molecule has 0 saturated heterocycles. The number of aromatic hydroxyl groups is 2. The molecule has 2 bridgehead atoms. The van der Waals surface area contributed by atoms with Gasteiger partial charge in [-0.15, -0.1) is 0 Å². The number of carbonyl (C=O) groups excluding carboxylic acids is 1. The lowest BCUT2D eigenvalue weighted by Gasteiger charge is -2.64. The van der Waals surface area contributed by atoms with E-state index in [1.807, 2.05) is 0 Å². The van der Waals surface area contributed by atoms with E-state index in [4.69, 9.17) is 4.74 Å². The molecule has 0 amide bonds. The molecule has 4 saturated carbocycles. The van der Waals surface area contributed by atoms with Crippen molar-refractivity contribution in [3.05, 3.63) is 29.8 Å². The Morgan fingerprint density at radius 1 is 1.09 bits per heavy atom.